The van der Waals surface area contributed by atoms with Gasteiger partial charge in [0, 0.05) is 17.2 Å². The molecule has 0 atom stereocenters. The maximum atomic E-state index is 14.8. The molecular weight excluding hydrogens is 346 g/mol. The monoisotopic (exact) mass is 367 g/mol. The molecule has 4 rings (SSSR count). The summed E-state index contributed by atoms with van der Waals surface area (Å²) in [6.07, 6.45) is 2.07. The summed E-state index contributed by atoms with van der Waals surface area (Å²) in [5.41, 5.74) is 4.52. The van der Waals surface area contributed by atoms with Gasteiger partial charge in [-0.2, -0.15) is 9.37 Å². The van der Waals surface area contributed by atoms with E-state index in [1.54, 1.807) is 13.0 Å². The molecule has 1 aromatic carbocycles. The first-order chi connectivity index (χ1) is 12.8. The van der Waals surface area contributed by atoms with E-state index in [2.05, 4.69) is 31.1 Å². The molecule has 0 N–H and O–H groups in total. The van der Waals surface area contributed by atoms with Crippen LogP contribution < -0.4 is 4.57 Å². The standard InChI is InChI=1S/C22H21F2N2O/c1-11(2)14-6-7-17(26(5)10-14)18-12(3)9-16(23)19-15-8-13(4)21(24)25-22(15)27-20(18)19/h6-11H,1-5H3/q+1. The van der Waals surface area contributed by atoms with Gasteiger partial charge in [-0.3, -0.25) is 0 Å². The lowest BCUT2D eigenvalue weighted by molar-refractivity contribution is -0.660. The van der Waals surface area contributed by atoms with Crippen LogP contribution in [0.5, 0.6) is 0 Å². The van der Waals surface area contributed by atoms with E-state index >= 15 is 0 Å². The highest BCUT2D eigenvalue weighted by Gasteiger charge is 2.24. The van der Waals surface area contributed by atoms with Gasteiger partial charge >= 0.3 is 0 Å². The highest BCUT2D eigenvalue weighted by molar-refractivity contribution is 6.09. The van der Waals surface area contributed by atoms with Crippen LogP contribution in [0.2, 0.25) is 0 Å². The zero-order valence-corrected chi connectivity index (χ0v) is 16.0. The predicted octanol–water partition coefficient (Wildman–Crippen LogP) is 5.49. The van der Waals surface area contributed by atoms with E-state index in [1.807, 2.05) is 24.6 Å². The Morgan fingerprint density at radius 2 is 1.81 bits per heavy atom. The molecule has 3 aromatic heterocycles. The second kappa shape index (κ2) is 6.12. The number of halogens is 2. The van der Waals surface area contributed by atoms with Crippen LogP contribution in [-0.2, 0) is 7.05 Å². The van der Waals surface area contributed by atoms with Gasteiger partial charge in [0.25, 0.3) is 0 Å². The van der Waals surface area contributed by atoms with Crippen LogP contribution in [0.15, 0.2) is 34.9 Å². The lowest BCUT2D eigenvalue weighted by Crippen LogP contribution is -2.31. The van der Waals surface area contributed by atoms with Crippen molar-refractivity contribution in [3.8, 4) is 11.3 Å². The van der Waals surface area contributed by atoms with Crippen molar-refractivity contribution in [1.29, 1.82) is 0 Å². The minimum absolute atomic E-state index is 0.111. The van der Waals surface area contributed by atoms with Crippen molar-refractivity contribution >= 4 is 22.1 Å². The Labute approximate surface area is 156 Å². The highest BCUT2D eigenvalue weighted by atomic mass is 19.1. The fourth-order valence-electron chi connectivity index (χ4n) is 3.58. The first-order valence-corrected chi connectivity index (χ1v) is 8.96. The molecule has 138 valence electrons. The lowest BCUT2D eigenvalue weighted by atomic mass is 9.98. The van der Waals surface area contributed by atoms with Crippen molar-refractivity contribution in [2.75, 3.05) is 0 Å². The molecule has 0 saturated carbocycles. The van der Waals surface area contributed by atoms with Crippen molar-refractivity contribution in [3.05, 3.63) is 58.9 Å². The summed E-state index contributed by atoms with van der Waals surface area (Å²) in [5, 5.41) is 0.832. The van der Waals surface area contributed by atoms with Crippen LogP contribution in [0.25, 0.3) is 33.3 Å². The molecule has 0 amide bonds. The van der Waals surface area contributed by atoms with Crippen LogP contribution in [-0.4, -0.2) is 4.98 Å². The number of pyridine rings is 2. The van der Waals surface area contributed by atoms with Crippen LogP contribution in [0.1, 0.15) is 36.5 Å². The molecule has 0 saturated heterocycles. The fourth-order valence-corrected chi connectivity index (χ4v) is 3.58. The number of rotatable bonds is 2. The van der Waals surface area contributed by atoms with Crippen molar-refractivity contribution < 1.29 is 17.8 Å². The normalized spacial score (nSPS) is 11.9. The third kappa shape index (κ3) is 2.69. The van der Waals surface area contributed by atoms with Crippen molar-refractivity contribution in [2.24, 2.45) is 7.05 Å². The van der Waals surface area contributed by atoms with Gasteiger partial charge in [0.05, 0.1) is 16.3 Å². The first kappa shape index (κ1) is 17.6. The van der Waals surface area contributed by atoms with E-state index in [-0.39, 0.29) is 11.5 Å². The van der Waals surface area contributed by atoms with Crippen LogP contribution in [0.3, 0.4) is 0 Å². The molecule has 3 heterocycles. The van der Waals surface area contributed by atoms with Crippen molar-refractivity contribution in [3.63, 3.8) is 0 Å². The molecule has 0 fully saturated rings. The Kier molecular flexibility index (Phi) is 3.98. The summed E-state index contributed by atoms with van der Waals surface area (Å²) in [4.78, 5) is 3.87. The molecule has 3 nitrogen and oxygen atoms in total. The van der Waals surface area contributed by atoms with Gasteiger partial charge in [0.15, 0.2) is 11.8 Å². The van der Waals surface area contributed by atoms with E-state index in [0.717, 1.165) is 16.8 Å². The van der Waals surface area contributed by atoms with E-state index in [1.165, 1.54) is 11.6 Å². The molecule has 0 aliphatic rings. The molecular formula is C22H21F2N2O+. The molecule has 0 bridgehead atoms. The summed E-state index contributed by atoms with van der Waals surface area (Å²) < 4.78 is 36.6. The van der Waals surface area contributed by atoms with Gasteiger partial charge in [-0.05, 0) is 43.5 Å². The van der Waals surface area contributed by atoms with Gasteiger partial charge in [0.2, 0.25) is 17.4 Å². The Hall–Kier alpha value is -2.82. The highest BCUT2D eigenvalue weighted by Crippen LogP contribution is 2.38. The summed E-state index contributed by atoms with van der Waals surface area (Å²) in [6.45, 7) is 7.73. The summed E-state index contributed by atoms with van der Waals surface area (Å²) in [7, 11) is 1.96. The van der Waals surface area contributed by atoms with Gasteiger partial charge in [-0.1, -0.05) is 13.8 Å². The molecule has 5 heteroatoms. The number of nitrogens with zero attached hydrogens (tertiary/aromatic N) is 2. The summed E-state index contributed by atoms with van der Waals surface area (Å²) in [5.74, 6) is -0.590. The quantitative estimate of drug-likeness (QED) is 0.346. The summed E-state index contributed by atoms with van der Waals surface area (Å²) >= 11 is 0. The van der Waals surface area contributed by atoms with Gasteiger partial charge in [-0.25, -0.2) is 8.96 Å². The Morgan fingerprint density at radius 1 is 1.07 bits per heavy atom. The first-order valence-electron chi connectivity index (χ1n) is 8.96. The number of furan rings is 1. The Balaban J connectivity index is 2.10. The lowest BCUT2D eigenvalue weighted by Gasteiger charge is -2.09. The number of hydrogen-bond donors (Lipinski definition) is 0. The fraction of sp³-hybridized carbons (Fsp3) is 0.273. The minimum Gasteiger partial charge on any atom is -0.437 e. The largest absolute Gasteiger partial charge is 0.437 e. The molecule has 27 heavy (non-hydrogen) atoms. The SMILES string of the molecule is Cc1cc2c(nc1F)oc1c(-c3ccc(C(C)C)c[n+]3C)c(C)cc(F)c12. The number of aromatic nitrogens is 2. The third-order valence-electron chi connectivity index (χ3n) is 5.09. The number of hydrogen-bond acceptors (Lipinski definition) is 2. The second-order valence-corrected chi connectivity index (χ2v) is 7.42. The maximum absolute atomic E-state index is 14.8. The minimum atomic E-state index is -0.605. The number of aryl methyl sites for hydroxylation is 3. The molecule has 0 aliphatic heterocycles. The van der Waals surface area contributed by atoms with Crippen LogP contribution >= 0.6 is 0 Å². The van der Waals surface area contributed by atoms with E-state index in [9.17, 15) is 8.78 Å². The Morgan fingerprint density at radius 3 is 2.48 bits per heavy atom. The molecule has 0 unspecified atom stereocenters. The molecule has 0 radical (unpaired) electrons. The van der Waals surface area contributed by atoms with Crippen LogP contribution in [0.4, 0.5) is 8.78 Å². The van der Waals surface area contributed by atoms with Crippen molar-refractivity contribution in [2.45, 2.75) is 33.6 Å². The average Bonchev–Trinajstić information content (AvgIpc) is 2.94. The van der Waals surface area contributed by atoms with Crippen molar-refractivity contribution in [1.82, 2.24) is 4.98 Å². The van der Waals surface area contributed by atoms with Gasteiger partial charge < -0.3 is 4.42 Å². The smallest absolute Gasteiger partial charge is 0.230 e. The molecule has 0 spiro atoms. The topological polar surface area (TPSA) is 29.9 Å². The number of fused-ring (bicyclic) bond motifs is 3. The predicted molar refractivity (Wildman–Crippen MR) is 102 cm³/mol. The maximum Gasteiger partial charge on any atom is 0.230 e. The van der Waals surface area contributed by atoms with E-state index < -0.39 is 5.95 Å². The second-order valence-electron chi connectivity index (χ2n) is 7.42. The van der Waals surface area contributed by atoms with E-state index in [4.69, 9.17) is 4.42 Å². The average molecular weight is 367 g/mol. The molecule has 4 aromatic rings. The summed E-state index contributed by atoms with van der Waals surface area (Å²) in [6, 6.07) is 7.18. The zero-order chi connectivity index (χ0) is 19.5. The van der Waals surface area contributed by atoms with Gasteiger partial charge in [-0.15, -0.1) is 0 Å². The number of benzene rings is 1. The zero-order valence-electron chi connectivity index (χ0n) is 16.0. The van der Waals surface area contributed by atoms with Gasteiger partial charge in [0.1, 0.15) is 12.9 Å². The molecule has 0 aliphatic carbocycles. The Bertz CT molecular complexity index is 1210. The van der Waals surface area contributed by atoms with E-state index in [0.29, 0.717) is 27.8 Å². The third-order valence-corrected chi connectivity index (χ3v) is 5.09. The van der Waals surface area contributed by atoms with Crippen LogP contribution in [0, 0.1) is 25.6 Å².